The normalized spacial score (nSPS) is 11.3. The van der Waals surface area contributed by atoms with Gasteiger partial charge in [-0.3, -0.25) is 0 Å². The van der Waals surface area contributed by atoms with Crippen LogP contribution < -0.4 is 19.6 Å². The van der Waals surface area contributed by atoms with Crippen LogP contribution in [0, 0.1) is 55.4 Å². The summed E-state index contributed by atoms with van der Waals surface area (Å²) in [5, 5.41) is 4.64. The van der Waals surface area contributed by atoms with E-state index in [4.69, 9.17) is 0 Å². The summed E-state index contributed by atoms with van der Waals surface area (Å²) >= 11 is 0. The molecule has 418 valence electrons. The number of anilines is 12. The quantitative estimate of drug-likeness (QED) is 0.101. The van der Waals surface area contributed by atoms with Gasteiger partial charge in [0.15, 0.2) is 0 Å². The van der Waals surface area contributed by atoms with Crippen LogP contribution in [0.2, 0.25) is 0 Å². The lowest BCUT2D eigenvalue weighted by atomic mass is 9.85. The third-order valence-electron chi connectivity index (χ3n) is 16.3. The van der Waals surface area contributed by atoms with Crippen LogP contribution in [0.3, 0.4) is 0 Å². The molecular formula is C82H70N4. The summed E-state index contributed by atoms with van der Waals surface area (Å²) < 4.78 is 0. The fourth-order valence-electron chi connectivity index (χ4n) is 13.1. The van der Waals surface area contributed by atoms with Crippen LogP contribution in [-0.4, -0.2) is 0 Å². The Hall–Kier alpha value is -10.4. The van der Waals surface area contributed by atoms with Crippen molar-refractivity contribution in [3.63, 3.8) is 0 Å². The molecule has 0 radical (unpaired) electrons. The average Bonchev–Trinajstić information content (AvgIpc) is 0.828. The second-order valence-corrected chi connectivity index (χ2v) is 23.4. The molecule has 0 heterocycles. The van der Waals surface area contributed by atoms with Crippen molar-refractivity contribution in [2.24, 2.45) is 0 Å². The Balaban J connectivity index is 1.12. The number of nitrogens with zero attached hydrogens (tertiary/aromatic N) is 4. The average molecular weight is 1110 g/mol. The van der Waals surface area contributed by atoms with Crippen LogP contribution >= 0.6 is 0 Å². The molecule has 0 bridgehead atoms. The Morgan fingerprint density at radius 1 is 0.163 bits per heavy atom. The van der Waals surface area contributed by atoms with E-state index in [-0.39, 0.29) is 0 Å². The van der Waals surface area contributed by atoms with Crippen LogP contribution in [-0.2, 0) is 0 Å². The molecule has 13 aromatic rings. The summed E-state index contributed by atoms with van der Waals surface area (Å²) in [5.74, 6) is 0. The predicted octanol–water partition coefficient (Wildman–Crippen LogP) is 23.7. The van der Waals surface area contributed by atoms with E-state index in [0.29, 0.717) is 0 Å². The molecular weight excluding hydrogens is 1040 g/mol. The largest absolute Gasteiger partial charge is 0.311 e. The van der Waals surface area contributed by atoms with Gasteiger partial charge in [-0.05, 0) is 289 Å². The van der Waals surface area contributed by atoms with E-state index in [1.165, 1.54) is 55.6 Å². The molecule has 86 heavy (non-hydrogen) atoms. The molecule has 0 fully saturated rings. The van der Waals surface area contributed by atoms with Gasteiger partial charge in [-0.2, -0.15) is 0 Å². The van der Waals surface area contributed by atoms with E-state index in [1.54, 1.807) is 0 Å². The van der Waals surface area contributed by atoms with Gasteiger partial charge in [0.2, 0.25) is 0 Å². The maximum atomic E-state index is 2.46. The third kappa shape index (κ3) is 11.0. The Morgan fingerprint density at radius 2 is 0.372 bits per heavy atom. The highest BCUT2D eigenvalue weighted by atomic mass is 15.2. The molecule has 0 unspecified atom stereocenters. The van der Waals surface area contributed by atoms with Crippen LogP contribution in [0.1, 0.15) is 44.5 Å². The van der Waals surface area contributed by atoms with E-state index >= 15 is 0 Å². The number of hydrogen-bond acceptors (Lipinski definition) is 4. The monoisotopic (exact) mass is 1110 g/mol. The number of aryl methyl sites for hydroxylation is 8. The Bertz CT molecular complexity index is 4030. The van der Waals surface area contributed by atoms with Crippen molar-refractivity contribution in [1.29, 1.82) is 0 Å². The molecule has 0 saturated carbocycles. The predicted molar refractivity (Wildman–Crippen MR) is 369 cm³/mol. The molecule has 0 N–H and O–H groups in total. The summed E-state index contributed by atoms with van der Waals surface area (Å²) in [4.78, 5) is 9.60. The van der Waals surface area contributed by atoms with Gasteiger partial charge < -0.3 is 19.6 Å². The highest BCUT2D eigenvalue weighted by Gasteiger charge is 2.25. The lowest BCUT2D eigenvalue weighted by Crippen LogP contribution is -2.12. The lowest BCUT2D eigenvalue weighted by Gasteiger charge is -2.29. The minimum absolute atomic E-state index is 1.08. The molecule has 0 aromatic heterocycles. The molecule has 13 rings (SSSR count). The number of benzene rings is 13. The fourth-order valence-corrected chi connectivity index (χ4v) is 13.1. The maximum Gasteiger partial charge on any atom is 0.0468 e. The van der Waals surface area contributed by atoms with Crippen LogP contribution in [0.25, 0.3) is 43.8 Å². The highest BCUT2D eigenvalue weighted by molar-refractivity contribution is 6.23. The van der Waals surface area contributed by atoms with Crippen molar-refractivity contribution in [3.05, 3.63) is 324 Å². The number of fused-ring (bicyclic) bond motifs is 2. The summed E-state index contributed by atoms with van der Waals surface area (Å²) in [5.41, 5.74) is 27.6. The first-order valence-electron chi connectivity index (χ1n) is 29.9. The molecule has 0 spiro atoms. The van der Waals surface area contributed by atoms with Crippen molar-refractivity contribution in [1.82, 2.24) is 0 Å². The van der Waals surface area contributed by atoms with E-state index < -0.39 is 0 Å². The van der Waals surface area contributed by atoms with Gasteiger partial charge >= 0.3 is 0 Å². The first-order chi connectivity index (χ1) is 41.9. The molecule has 0 aliphatic rings. The van der Waals surface area contributed by atoms with Gasteiger partial charge in [0.25, 0.3) is 0 Å². The first kappa shape index (κ1) is 54.8. The topological polar surface area (TPSA) is 13.0 Å². The van der Waals surface area contributed by atoms with Gasteiger partial charge in [-0.1, -0.05) is 133 Å². The van der Waals surface area contributed by atoms with Crippen molar-refractivity contribution >= 4 is 89.8 Å². The van der Waals surface area contributed by atoms with Crippen molar-refractivity contribution < 1.29 is 0 Å². The zero-order valence-electron chi connectivity index (χ0n) is 50.3. The lowest BCUT2D eigenvalue weighted by molar-refractivity contribution is 1.24. The minimum atomic E-state index is 1.08. The molecule has 0 amide bonds. The zero-order valence-corrected chi connectivity index (χ0v) is 50.3. The first-order valence-corrected chi connectivity index (χ1v) is 29.9. The molecule has 4 heteroatoms. The minimum Gasteiger partial charge on any atom is -0.311 e. The summed E-state index contributed by atoms with van der Waals surface area (Å²) in [6, 6.07) is 103. The van der Waals surface area contributed by atoms with E-state index in [9.17, 15) is 0 Å². The smallest absolute Gasteiger partial charge is 0.0468 e. The molecule has 4 nitrogen and oxygen atoms in total. The Morgan fingerprint density at radius 3 is 0.616 bits per heavy atom. The Labute approximate surface area is 507 Å². The van der Waals surface area contributed by atoms with Gasteiger partial charge in [0.1, 0.15) is 0 Å². The molecule has 0 aliphatic carbocycles. The van der Waals surface area contributed by atoms with E-state index in [0.717, 1.165) is 101 Å². The van der Waals surface area contributed by atoms with Gasteiger partial charge in [-0.25, -0.2) is 0 Å². The summed E-state index contributed by atoms with van der Waals surface area (Å²) in [7, 11) is 0. The van der Waals surface area contributed by atoms with Crippen LogP contribution in [0.4, 0.5) is 68.2 Å². The number of hydrogen-bond donors (Lipinski definition) is 0. The summed E-state index contributed by atoms with van der Waals surface area (Å²) in [6.45, 7) is 17.6. The van der Waals surface area contributed by atoms with Crippen LogP contribution in [0.15, 0.2) is 279 Å². The third-order valence-corrected chi connectivity index (χ3v) is 16.3. The number of para-hydroxylation sites is 4. The van der Waals surface area contributed by atoms with Gasteiger partial charge in [0, 0.05) is 68.2 Å². The molecule has 0 atom stereocenters. The summed E-state index contributed by atoms with van der Waals surface area (Å²) in [6.07, 6.45) is 0. The molecule has 13 aromatic carbocycles. The van der Waals surface area contributed by atoms with Crippen molar-refractivity contribution in [2.75, 3.05) is 19.6 Å². The van der Waals surface area contributed by atoms with E-state index in [2.05, 4.69) is 354 Å². The Kier molecular flexibility index (Phi) is 14.9. The molecule has 0 saturated heterocycles. The van der Waals surface area contributed by atoms with Crippen molar-refractivity contribution in [3.8, 4) is 22.3 Å². The molecule has 0 aliphatic heterocycles. The van der Waals surface area contributed by atoms with Crippen LogP contribution in [0.5, 0.6) is 0 Å². The standard InChI is InChI=1S/C82H70N4/c1-55-41-56(2)46-73(45-55)85(74-47-57(3)42-58(4)48-74)71-37-39-77-79(53-71)81(63-29-33-69(34-30-63)83(65-21-13-9-14-22-65)66-23-15-10-16-24-66)78-40-38-72(86(75-49-59(5)43-60(6)50-75)76-51-61(7)44-62(8)52-76)54-80(78)82(77)64-31-35-70(36-32-64)84(67-25-17-11-18-26-67)68-27-19-12-20-28-68/h9-54H,1-8H3. The number of rotatable bonds is 14. The van der Waals surface area contributed by atoms with Crippen molar-refractivity contribution in [2.45, 2.75) is 55.4 Å². The van der Waals surface area contributed by atoms with Gasteiger partial charge in [-0.15, -0.1) is 0 Å². The highest BCUT2D eigenvalue weighted by Crippen LogP contribution is 2.50. The van der Waals surface area contributed by atoms with Gasteiger partial charge in [0.05, 0.1) is 0 Å². The fraction of sp³-hybridized carbons (Fsp3) is 0.0976. The van der Waals surface area contributed by atoms with E-state index in [1.807, 2.05) is 0 Å². The second kappa shape index (κ2) is 23.3. The zero-order chi connectivity index (χ0) is 59.0. The second-order valence-electron chi connectivity index (χ2n) is 23.4. The SMILES string of the molecule is Cc1cc(C)cc(N(c2cc(C)cc(C)c2)c2ccc3c(-c4ccc(N(c5ccccc5)c5ccccc5)cc4)c4cc(N(c5cc(C)cc(C)c5)c5cc(C)cc(C)c5)ccc4c(-c4ccc(N(c5ccccc5)c5ccccc5)cc4)c3c2)c1. The maximum absolute atomic E-state index is 2.46.